The summed E-state index contributed by atoms with van der Waals surface area (Å²) in [5.41, 5.74) is 0. The summed E-state index contributed by atoms with van der Waals surface area (Å²) in [5.74, 6) is 0.0772. The van der Waals surface area contributed by atoms with Crippen LogP contribution in [0.25, 0.3) is 0 Å². The van der Waals surface area contributed by atoms with Gasteiger partial charge in [-0.25, -0.2) is 0 Å². The normalized spacial score (nSPS) is 9.30. The summed E-state index contributed by atoms with van der Waals surface area (Å²) in [4.78, 5) is 10.2. The van der Waals surface area contributed by atoms with Gasteiger partial charge in [0.1, 0.15) is 12.4 Å². The fourth-order valence-electron chi connectivity index (χ4n) is 0.546. The lowest BCUT2D eigenvalue weighted by Crippen LogP contribution is -1.97. The van der Waals surface area contributed by atoms with Gasteiger partial charge in [0.2, 0.25) is 0 Å². The zero-order valence-corrected chi connectivity index (χ0v) is 5.37. The molecule has 0 fully saturated rings. The molecule has 53 valence electrons. The van der Waals surface area contributed by atoms with Gasteiger partial charge < -0.3 is 9.15 Å². The fraction of sp³-hybridized carbons (Fsp3) is 0.143. The van der Waals surface area contributed by atoms with Gasteiger partial charge in [0.05, 0.1) is 13.2 Å². The second-order valence-electron chi connectivity index (χ2n) is 1.74. The van der Waals surface area contributed by atoms with E-state index in [0.717, 1.165) is 0 Å². The lowest BCUT2D eigenvalue weighted by molar-refractivity contribution is -0.139. The van der Waals surface area contributed by atoms with Crippen molar-refractivity contribution in [3.8, 4) is 0 Å². The van der Waals surface area contributed by atoms with Crippen LogP contribution in [-0.4, -0.2) is 5.97 Å². The first-order valence-electron chi connectivity index (χ1n) is 2.80. The van der Waals surface area contributed by atoms with E-state index in [-0.39, 0.29) is 6.61 Å². The summed E-state index contributed by atoms with van der Waals surface area (Å²) in [6, 6.07) is 3.45. The Labute approximate surface area is 58.6 Å². The number of hydrogen-bond acceptors (Lipinski definition) is 3. The van der Waals surface area contributed by atoms with Gasteiger partial charge in [0, 0.05) is 0 Å². The van der Waals surface area contributed by atoms with Gasteiger partial charge in [-0.1, -0.05) is 0 Å². The Bertz CT molecular complexity index is 201. The van der Waals surface area contributed by atoms with Crippen LogP contribution in [0.4, 0.5) is 0 Å². The first-order valence-corrected chi connectivity index (χ1v) is 2.80. The van der Waals surface area contributed by atoms with E-state index >= 15 is 0 Å². The molecule has 10 heavy (non-hydrogen) atoms. The molecular weight excluding hydrogens is 132 g/mol. The molecule has 0 aliphatic heterocycles. The molecule has 0 amide bonds. The van der Waals surface area contributed by atoms with Crippen LogP contribution < -0.4 is 0 Å². The largest absolute Gasteiger partial charge is 0.466 e. The molecule has 0 unspecified atom stereocenters. The van der Waals surface area contributed by atoms with Crippen molar-refractivity contribution in [2.75, 3.05) is 0 Å². The van der Waals surface area contributed by atoms with Gasteiger partial charge in [-0.2, -0.15) is 0 Å². The molecule has 0 aromatic carbocycles. The van der Waals surface area contributed by atoms with Crippen LogP contribution in [0.1, 0.15) is 5.76 Å². The van der Waals surface area contributed by atoms with Crippen LogP contribution in [0.15, 0.2) is 22.8 Å². The van der Waals surface area contributed by atoms with E-state index < -0.39 is 5.97 Å². The summed E-state index contributed by atoms with van der Waals surface area (Å²) in [6.45, 7) is 3.20. The highest BCUT2D eigenvalue weighted by molar-refractivity contribution is 5.73. The molecule has 0 N–H and O–H groups in total. The summed E-state index contributed by atoms with van der Waals surface area (Å²) >= 11 is 0. The molecule has 0 saturated heterocycles. The van der Waals surface area contributed by atoms with Crippen molar-refractivity contribution in [1.29, 1.82) is 0 Å². The molecule has 1 aromatic heterocycles. The summed E-state index contributed by atoms with van der Waals surface area (Å²) in [7, 11) is 0. The molecule has 0 aliphatic rings. The summed E-state index contributed by atoms with van der Waals surface area (Å²) in [6.07, 6.45) is 1.52. The van der Waals surface area contributed by atoms with E-state index in [1.54, 1.807) is 12.1 Å². The average Bonchev–Trinajstić information content (AvgIpc) is 2.34. The van der Waals surface area contributed by atoms with Gasteiger partial charge in [-0.05, 0) is 12.1 Å². The number of esters is 1. The van der Waals surface area contributed by atoms with Crippen LogP contribution in [0.3, 0.4) is 0 Å². The second kappa shape index (κ2) is 3.06. The van der Waals surface area contributed by atoms with Crippen LogP contribution in [0, 0.1) is 6.92 Å². The zero-order valence-electron chi connectivity index (χ0n) is 5.37. The quantitative estimate of drug-likeness (QED) is 0.577. The molecule has 3 nitrogen and oxygen atoms in total. The van der Waals surface area contributed by atoms with E-state index in [9.17, 15) is 4.79 Å². The van der Waals surface area contributed by atoms with Crippen molar-refractivity contribution < 1.29 is 13.9 Å². The Kier molecular flexibility index (Phi) is 2.10. The maximum Gasteiger partial charge on any atom is 0.306 e. The third-order valence-corrected chi connectivity index (χ3v) is 0.956. The minimum Gasteiger partial charge on any atom is -0.466 e. The highest BCUT2D eigenvalue weighted by atomic mass is 16.5. The Morgan fingerprint density at radius 2 is 2.60 bits per heavy atom. The molecule has 1 aromatic rings. The first-order chi connectivity index (χ1) is 4.79. The van der Waals surface area contributed by atoms with Crippen LogP contribution >= 0.6 is 0 Å². The number of ether oxygens (including phenoxy) is 1. The summed E-state index contributed by atoms with van der Waals surface area (Å²) in [5, 5.41) is 0. The average molecular weight is 139 g/mol. The number of furan rings is 1. The SMILES string of the molecule is [CH2]C(=O)OCc1ccco1. The third-order valence-electron chi connectivity index (χ3n) is 0.956. The van der Waals surface area contributed by atoms with Gasteiger partial charge in [0.25, 0.3) is 0 Å². The van der Waals surface area contributed by atoms with Crippen molar-refractivity contribution in [1.82, 2.24) is 0 Å². The molecule has 0 bridgehead atoms. The zero-order chi connectivity index (χ0) is 7.40. The number of carbonyl (C=O) groups is 1. The number of rotatable bonds is 2. The van der Waals surface area contributed by atoms with E-state index in [4.69, 9.17) is 4.42 Å². The highest BCUT2D eigenvalue weighted by Gasteiger charge is 1.96. The van der Waals surface area contributed by atoms with Crippen LogP contribution in [0.5, 0.6) is 0 Å². The van der Waals surface area contributed by atoms with Crippen molar-refractivity contribution in [2.45, 2.75) is 6.61 Å². The Balaban J connectivity index is 2.35. The predicted molar refractivity (Wildman–Crippen MR) is 33.9 cm³/mol. The monoisotopic (exact) mass is 139 g/mol. The smallest absolute Gasteiger partial charge is 0.306 e. The van der Waals surface area contributed by atoms with Gasteiger partial charge in [0.15, 0.2) is 0 Å². The first kappa shape index (κ1) is 6.86. The molecule has 1 rings (SSSR count). The fourth-order valence-corrected chi connectivity index (χ4v) is 0.546. The van der Waals surface area contributed by atoms with Crippen molar-refractivity contribution in [3.63, 3.8) is 0 Å². The molecular formula is C7H7O3. The third kappa shape index (κ3) is 1.93. The molecule has 0 aliphatic carbocycles. The minimum atomic E-state index is -0.545. The second-order valence-corrected chi connectivity index (χ2v) is 1.74. The summed E-state index contributed by atoms with van der Waals surface area (Å²) < 4.78 is 9.42. The van der Waals surface area contributed by atoms with Crippen molar-refractivity contribution in [2.24, 2.45) is 0 Å². The lowest BCUT2D eigenvalue weighted by Gasteiger charge is -1.95. The minimum absolute atomic E-state index is 0.162. The molecule has 1 heterocycles. The standard InChI is InChI=1S/C7H7O3/c1-6(8)10-5-7-3-2-4-9-7/h2-4H,1,5H2. The molecule has 3 heteroatoms. The maximum absolute atomic E-state index is 10.2. The molecule has 0 spiro atoms. The van der Waals surface area contributed by atoms with Gasteiger partial charge in [-0.3, -0.25) is 4.79 Å². The van der Waals surface area contributed by atoms with Gasteiger partial charge >= 0.3 is 5.97 Å². The lowest BCUT2D eigenvalue weighted by atomic mass is 10.5. The van der Waals surface area contributed by atoms with Crippen molar-refractivity contribution >= 4 is 5.97 Å². The Morgan fingerprint density at radius 1 is 1.80 bits per heavy atom. The van der Waals surface area contributed by atoms with E-state index in [1.165, 1.54) is 6.26 Å². The Morgan fingerprint density at radius 3 is 3.10 bits per heavy atom. The van der Waals surface area contributed by atoms with E-state index in [0.29, 0.717) is 5.76 Å². The Hall–Kier alpha value is -1.25. The number of hydrogen-bond donors (Lipinski definition) is 0. The maximum atomic E-state index is 10.2. The highest BCUT2D eigenvalue weighted by Crippen LogP contribution is 2.00. The van der Waals surface area contributed by atoms with Crippen molar-refractivity contribution in [3.05, 3.63) is 31.1 Å². The van der Waals surface area contributed by atoms with Gasteiger partial charge in [-0.15, -0.1) is 0 Å². The van der Waals surface area contributed by atoms with E-state index in [2.05, 4.69) is 11.7 Å². The van der Waals surface area contributed by atoms with Crippen LogP contribution in [0.2, 0.25) is 0 Å². The molecule has 0 atom stereocenters. The molecule has 1 radical (unpaired) electrons. The van der Waals surface area contributed by atoms with E-state index in [1.807, 2.05) is 0 Å². The molecule has 0 saturated carbocycles. The number of carbonyl (C=O) groups excluding carboxylic acids is 1. The van der Waals surface area contributed by atoms with Crippen LogP contribution in [-0.2, 0) is 16.1 Å². The topological polar surface area (TPSA) is 39.4 Å². The predicted octanol–water partition coefficient (Wildman–Crippen LogP) is 1.16.